The van der Waals surface area contributed by atoms with Crippen LogP contribution in [0.1, 0.15) is 5.56 Å². The number of benzene rings is 3. The summed E-state index contributed by atoms with van der Waals surface area (Å²) in [7, 11) is 0.353. The summed E-state index contributed by atoms with van der Waals surface area (Å²) in [6, 6.07) is 16.9. The van der Waals surface area contributed by atoms with Gasteiger partial charge in [-0.15, -0.1) is 0 Å². The van der Waals surface area contributed by atoms with Crippen LogP contribution in [-0.2, 0) is 21.2 Å². The minimum absolute atomic E-state index is 0.0960. The number of methoxy groups -OCH3 is 2. The van der Waals surface area contributed by atoms with E-state index in [0.29, 0.717) is 12.3 Å². The standard InChI is InChI=1S/C24H25FN2O5S/c1-27(16-17-7-5-4-6-8-17)24(28)15-26-20-11-9-18(25)13-23(20)33(29,30)19-10-12-21(31-2)22(14-19)32-3/h4-14,26H,15-16H2,1-3H3. The molecular weight excluding hydrogens is 447 g/mol. The number of rotatable bonds is 9. The maximum absolute atomic E-state index is 14.0. The second kappa shape index (κ2) is 10.4. The van der Waals surface area contributed by atoms with Crippen molar-refractivity contribution in [1.82, 2.24) is 4.90 Å². The molecule has 0 spiro atoms. The van der Waals surface area contributed by atoms with Crippen LogP contribution in [0.3, 0.4) is 0 Å². The molecule has 33 heavy (non-hydrogen) atoms. The minimum Gasteiger partial charge on any atom is -0.493 e. The van der Waals surface area contributed by atoms with Crippen molar-refractivity contribution in [2.24, 2.45) is 0 Å². The molecule has 0 aromatic heterocycles. The monoisotopic (exact) mass is 472 g/mol. The largest absolute Gasteiger partial charge is 0.493 e. The van der Waals surface area contributed by atoms with E-state index in [4.69, 9.17) is 9.47 Å². The molecule has 0 saturated heterocycles. The van der Waals surface area contributed by atoms with Gasteiger partial charge in [0.25, 0.3) is 0 Å². The van der Waals surface area contributed by atoms with E-state index in [1.807, 2.05) is 30.3 Å². The van der Waals surface area contributed by atoms with E-state index in [1.165, 1.54) is 43.4 Å². The summed E-state index contributed by atoms with van der Waals surface area (Å²) in [6.07, 6.45) is 0. The number of likely N-dealkylation sites (N-methyl/N-ethyl adjacent to an activating group) is 1. The number of ether oxygens (including phenoxy) is 2. The highest BCUT2D eigenvalue weighted by Gasteiger charge is 2.24. The van der Waals surface area contributed by atoms with Gasteiger partial charge in [-0.25, -0.2) is 12.8 Å². The number of carbonyl (C=O) groups is 1. The molecule has 0 aliphatic rings. The molecule has 3 aromatic rings. The van der Waals surface area contributed by atoms with Crippen molar-refractivity contribution in [2.45, 2.75) is 16.3 Å². The van der Waals surface area contributed by atoms with Crippen LogP contribution in [0, 0.1) is 5.82 Å². The van der Waals surface area contributed by atoms with Gasteiger partial charge in [0, 0.05) is 19.7 Å². The van der Waals surface area contributed by atoms with Crippen LogP contribution in [0.2, 0.25) is 0 Å². The van der Waals surface area contributed by atoms with Gasteiger partial charge in [-0.1, -0.05) is 30.3 Å². The molecule has 0 unspecified atom stereocenters. The summed E-state index contributed by atoms with van der Waals surface area (Å²) >= 11 is 0. The van der Waals surface area contributed by atoms with Crippen LogP contribution >= 0.6 is 0 Å². The molecule has 7 nitrogen and oxygen atoms in total. The first kappa shape index (κ1) is 24.1. The quantitative estimate of drug-likeness (QED) is 0.511. The number of amides is 1. The molecular formula is C24H25FN2O5S. The number of halogens is 1. The molecule has 0 aliphatic carbocycles. The van der Waals surface area contributed by atoms with Gasteiger partial charge in [-0.2, -0.15) is 0 Å². The number of anilines is 1. The van der Waals surface area contributed by atoms with Crippen molar-refractivity contribution >= 4 is 21.4 Å². The Morgan fingerprint density at radius 3 is 2.33 bits per heavy atom. The number of carbonyl (C=O) groups excluding carboxylic acids is 1. The zero-order chi connectivity index (χ0) is 24.0. The van der Waals surface area contributed by atoms with E-state index < -0.39 is 15.7 Å². The van der Waals surface area contributed by atoms with E-state index in [9.17, 15) is 17.6 Å². The van der Waals surface area contributed by atoms with Crippen molar-refractivity contribution in [3.05, 3.63) is 78.1 Å². The fraction of sp³-hybridized carbons (Fsp3) is 0.208. The van der Waals surface area contributed by atoms with E-state index in [0.717, 1.165) is 17.7 Å². The Labute approximate surface area is 192 Å². The average molecular weight is 473 g/mol. The van der Waals surface area contributed by atoms with E-state index in [-0.39, 0.29) is 33.7 Å². The second-order valence-electron chi connectivity index (χ2n) is 7.25. The first-order valence-electron chi connectivity index (χ1n) is 10.0. The zero-order valence-corrected chi connectivity index (χ0v) is 19.4. The Bertz CT molecular complexity index is 1230. The fourth-order valence-corrected chi connectivity index (χ4v) is 4.69. The molecule has 3 aromatic carbocycles. The maximum Gasteiger partial charge on any atom is 0.241 e. The molecule has 0 heterocycles. The number of sulfone groups is 1. The summed E-state index contributed by atoms with van der Waals surface area (Å²) in [5, 5.41) is 2.84. The number of nitrogens with one attached hydrogen (secondary N) is 1. The normalized spacial score (nSPS) is 11.0. The third-order valence-corrected chi connectivity index (χ3v) is 6.81. The van der Waals surface area contributed by atoms with Crippen LogP contribution < -0.4 is 14.8 Å². The summed E-state index contributed by atoms with van der Waals surface area (Å²) in [5.41, 5.74) is 1.08. The number of hydrogen-bond donors (Lipinski definition) is 1. The molecule has 174 valence electrons. The highest BCUT2D eigenvalue weighted by atomic mass is 32.2. The summed E-state index contributed by atoms with van der Waals surface area (Å²) in [6.45, 7) is 0.241. The third-order valence-electron chi connectivity index (χ3n) is 5.02. The van der Waals surface area contributed by atoms with Crippen LogP contribution in [0.4, 0.5) is 10.1 Å². The van der Waals surface area contributed by atoms with Crippen molar-refractivity contribution in [2.75, 3.05) is 33.1 Å². The number of nitrogens with zero attached hydrogens (tertiary/aromatic N) is 1. The maximum atomic E-state index is 14.0. The lowest BCUT2D eigenvalue weighted by Gasteiger charge is -2.19. The summed E-state index contributed by atoms with van der Waals surface area (Å²) in [5.74, 6) is -0.381. The Hall–Kier alpha value is -3.59. The first-order chi connectivity index (χ1) is 15.8. The highest BCUT2D eigenvalue weighted by Crippen LogP contribution is 2.34. The Morgan fingerprint density at radius 2 is 1.67 bits per heavy atom. The van der Waals surface area contributed by atoms with Gasteiger partial charge in [0.05, 0.1) is 36.2 Å². The molecule has 0 atom stereocenters. The van der Waals surface area contributed by atoms with Gasteiger partial charge in [-0.05, 0) is 35.9 Å². The summed E-state index contributed by atoms with van der Waals surface area (Å²) in [4.78, 5) is 13.7. The van der Waals surface area contributed by atoms with Crippen LogP contribution in [0.15, 0.2) is 76.5 Å². The topological polar surface area (TPSA) is 84.9 Å². The molecule has 1 amide bonds. The van der Waals surface area contributed by atoms with Crippen LogP contribution in [0.25, 0.3) is 0 Å². The molecule has 0 fully saturated rings. The summed E-state index contributed by atoms with van der Waals surface area (Å²) < 4.78 is 50.9. The van der Waals surface area contributed by atoms with Gasteiger partial charge in [0.1, 0.15) is 5.82 Å². The van der Waals surface area contributed by atoms with E-state index >= 15 is 0 Å². The van der Waals surface area contributed by atoms with Gasteiger partial charge < -0.3 is 19.7 Å². The molecule has 3 rings (SSSR count). The Morgan fingerprint density at radius 1 is 0.970 bits per heavy atom. The third kappa shape index (κ3) is 5.61. The second-order valence-corrected chi connectivity index (χ2v) is 9.17. The molecule has 0 saturated carbocycles. The van der Waals surface area contributed by atoms with Gasteiger partial charge >= 0.3 is 0 Å². The van der Waals surface area contributed by atoms with Crippen LogP contribution in [0.5, 0.6) is 11.5 Å². The van der Waals surface area contributed by atoms with Gasteiger partial charge in [0.2, 0.25) is 15.7 Å². The van der Waals surface area contributed by atoms with Crippen molar-refractivity contribution in [3.8, 4) is 11.5 Å². The first-order valence-corrected chi connectivity index (χ1v) is 11.5. The minimum atomic E-state index is -4.13. The smallest absolute Gasteiger partial charge is 0.241 e. The van der Waals surface area contributed by atoms with E-state index in [1.54, 1.807) is 7.05 Å². The average Bonchev–Trinajstić information content (AvgIpc) is 2.83. The zero-order valence-electron chi connectivity index (χ0n) is 18.5. The molecule has 0 radical (unpaired) electrons. The van der Waals surface area contributed by atoms with Crippen molar-refractivity contribution in [1.29, 1.82) is 0 Å². The Balaban J connectivity index is 1.83. The van der Waals surface area contributed by atoms with Crippen molar-refractivity contribution < 1.29 is 27.1 Å². The number of hydrogen-bond acceptors (Lipinski definition) is 6. The lowest BCUT2D eigenvalue weighted by Crippen LogP contribution is -2.32. The molecule has 9 heteroatoms. The lowest BCUT2D eigenvalue weighted by atomic mass is 10.2. The lowest BCUT2D eigenvalue weighted by molar-refractivity contribution is -0.128. The molecule has 0 bridgehead atoms. The predicted octanol–water partition coefficient (Wildman–Crippen LogP) is 3.75. The SMILES string of the molecule is COc1ccc(S(=O)(=O)c2cc(F)ccc2NCC(=O)N(C)Cc2ccccc2)cc1OC. The Kier molecular flexibility index (Phi) is 7.55. The highest BCUT2D eigenvalue weighted by molar-refractivity contribution is 7.91. The van der Waals surface area contributed by atoms with Gasteiger partial charge in [0.15, 0.2) is 11.5 Å². The molecule has 1 N–H and O–H groups in total. The van der Waals surface area contributed by atoms with Crippen molar-refractivity contribution in [3.63, 3.8) is 0 Å². The fourth-order valence-electron chi connectivity index (χ4n) is 3.23. The predicted molar refractivity (Wildman–Crippen MR) is 123 cm³/mol. The van der Waals surface area contributed by atoms with E-state index in [2.05, 4.69) is 5.32 Å². The van der Waals surface area contributed by atoms with Crippen LogP contribution in [-0.4, -0.2) is 47.0 Å². The van der Waals surface area contributed by atoms with Gasteiger partial charge in [-0.3, -0.25) is 4.79 Å². The molecule has 0 aliphatic heterocycles.